The van der Waals surface area contributed by atoms with E-state index in [4.69, 9.17) is 0 Å². The number of hydrogen-bond donors (Lipinski definition) is 1. The highest BCUT2D eigenvalue weighted by Crippen LogP contribution is 2.38. The van der Waals surface area contributed by atoms with Crippen LogP contribution in [0.25, 0.3) is 0 Å². The highest BCUT2D eigenvalue weighted by Gasteiger charge is 2.31. The van der Waals surface area contributed by atoms with Crippen LogP contribution in [-0.2, 0) is 6.54 Å². The van der Waals surface area contributed by atoms with Gasteiger partial charge in [0.25, 0.3) is 0 Å². The topological polar surface area (TPSA) is 12.0 Å². The molecule has 1 aliphatic rings. The molecular weight excluding hydrogens is 325 g/mol. The summed E-state index contributed by atoms with van der Waals surface area (Å²) in [6.45, 7) is 0.908. The fraction of sp³-hybridized carbons (Fsp3) is 0.333. The average Bonchev–Trinajstić information content (AvgIpc) is 2.75. The van der Waals surface area contributed by atoms with Gasteiger partial charge in [0.05, 0.1) is 0 Å². The number of rotatable bonds is 4. The molecule has 1 aliphatic carbocycles. The normalized spacial score (nSPS) is 22.2. The first kappa shape index (κ1) is 13.3. The summed E-state index contributed by atoms with van der Waals surface area (Å²) in [6, 6.07) is 9.80. The van der Waals surface area contributed by atoms with E-state index in [0.29, 0.717) is 12.0 Å². The molecule has 1 nitrogen and oxygen atoms in total. The molecule has 0 aliphatic heterocycles. The molecule has 0 unspecified atom stereocenters. The van der Waals surface area contributed by atoms with Crippen molar-refractivity contribution in [3.63, 3.8) is 0 Å². The summed E-state index contributed by atoms with van der Waals surface area (Å²) in [7, 11) is 0. The van der Waals surface area contributed by atoms with Crippen molar-refractivity contribution in [3.8, 4) is 0 Å². The first-order valence-electron chi connectivity index (χ1n) is 6.43. The highest BCUT2D eigenvalue weighted by atomic mass is 79.9. The van der Waals surface area contributed by atoms with E-state index in [1.807, 2.05) is 12.1 Å². The van der Waals surface area contributed by atoms with Crippen LogP contribution < -0.4 is 5.32 Å². The number of thiophene rings is 1. The van der Waals surface area contributed by atoms with Crippen molar-refractivity contribution in [2.75, 3.05) is 0 Å². The van der Waals surface area contributed by atoms with Gasteiger partial charge in [-0.05, 0) is 52.4 Å². The van der Waals surface area contributed by atoms with Crippen molar-refractivity contribution < 1.29 is 4.39 Å². The van der Waals surface area contributed by atoms with Crippen molar-refractivity contribution in [1.82, 2.24) is 5.32 Å². The fourth-order valence-corrected chi connectivity index (χ4v) is 3.94. The maximum absolute atomic E-state index is 13.6. The van der Waals surface area contributed by atoms with Gasteiger partial charge in [-0.15, -0.1) is 11.3 Å². The third kappa shape index (κ3) is 3.07. The van der Waals surface area contributed by atoms with E-state index in [1.54, 1.807) is 23.5 Å². The molecule has 100 valence electrons. The van der Waals surface area contributed by atoms with Crippen LogP contribution in [0.2, 0.25) is 0 Å². The van der Waals surface area contributed by atoms with E-state index in [2.05, 4.69) is 32.7 Å². The van der Waals surface area contributed by atoms with Gasteiger partial charge in [-0.25, -0.2) is 4.39 Å². The maximum atomic E-state index is 13.6. The minimum Gasteiger partial charge on any atom is -0.309 e. The van der Waals surface area contributed by atoms with E-state index in [0.717, 1.165) is 29.4 Å². The molecule has 0 amide bonds. The highest BCUT2D eigenvalue weighted by molar-refractivity contribution is 9.10. The van der Waals surface area contributed by atoms with Crippen LogP contribution in [0, 0.1) is 5.82 Å². The Morgan fingerprint density at radius 1 is 1.32 bits per heavy atom. The fourth-order valence-electron chi connectivity index (χ4n) is 2.54. The second-order valence-corrected chi connectivity index (χ2v) is 6.91. The standard InChI is InChI=1S/C15H15BrFNS/c16-11-7-13(19-9-11)8-18-12-5-10(6-12)14-3-1-2-4-15(14)17/h1-4,7,9-10,12,18H,5-6,8H2. The van der Waals surface area contributed by atoms with Crippen molar-refractivity contribution in [1.29, 1.82) is 0 Å². The SMILES string of the molecule is Fc1ccccc1C1CC(NCc2cc(Br)cs2)C1. The quantitative estimate of drug-likeness (QED) is 0.852. The molecule has 1 heterocycles. The zero-order chi connectivity index (χ0) is 13.2. The van der Waals surface area contributed by atoms with Crippen molar-refractivity contribution in [3.05, 3.63) is 56.4 Å². The molecule has 0 radical (unpaired) electrons. The van der Waals surface area contributed by atoms with E-state index < -0.39 is 0 Å². The van der Waals surface area contributed by atoms with Gasteiger partial charge in [0, 0.05) is 27.3 Å². The first-order valence-corrected chi connectivity index (χ1v) is 8.10. The van der Waals surface area contributed by atoms with Crippen molar-refractivity contribution in [2.24, 2.45) is 0 Å². The smallest absolute Gasteiger partial charge is 0.126 e. The van der Waals surface area contributed by atoms with Gasteiger partial charge in [0.15, 0.2) is 0 Å². The third-order valence-corrected chi connectivity index (χ3v) is 5.37. The van der Waals surface area contributed by atoms with Gasteiger partial charge in [-0.1, -0.05) is 18.2 Å². The Labute approximate surface area is 125 Å². The summed E-state index contributed by atoms with van der Waals surface area (Å²) < 4.78 is 14.8. The molecule has 1 aromatic carbocycles. The summed E-state index contributed by atoms with van der Waals surface area (Å²) in [4.78, 5) is 1.33. The lowest BCUT2D eigenvalue weighted by molar-refractivity contribution is 0.284. The van der Waals surface area contributed by atoms with Gasteiger partial charge in [-0.2, -0.15) is 0 Å². The lowest BCUT2D eigenvalue weighted by Gasteiger charge is -2.36. The number of nitrogens with one attached hydrogen (secondary N) is 1. The summed E-state index contributed by atoms with van der Waals surface area (Å²) in [5, 5.41) is 5.63. The predicted octanol–water partition coefficient (Wildman–Crippen LogP) is 4.69. The molecule has 1 N–H and O–H groups in total. The Balaban J connectivity index is 1.49. The van der Waals surface area contributed by atoms with Gasteiger partial charge >= 0.3 is 0 Å². The van der Waals surface area contributed by atoms with Gasteiger partial charge in [-0.3, -0.25) is 0 Å². The lowest BCUT2D eigenvalue weighted by atomic mass is 9.75. The predicted molar refractivity (Wildman–Crippen MR) is 81.0 cm³/mol. The van der Waals surface area contributed by atoms with Crippen LogP contribution in [-0.4, -0.2) is 6.04 Å². The molecule has 2 aromatic rings. The van der Waals surface area contributed by atoms with E-state index in [9.17, 15) is 4.39 Å². The zero-order valence-electron chi connectivity index (χ0n) is 10.4. The van der Waals surface area contributed by atoms with Crippen LogP contribution in [0.1, 0.15) is 29.2 Å². The van der Waals surface area contributed by atoms with E-state index in [-0.39, 0.29) is 5.82 Å². The summed E-state index contributed by atoms with van der Waals surface area (Å²) in [5.41, 5.74) is 0.874. The third-order valence-electron chi connectivity index (χ3n) is 3.67. The molecule has 0 atom stereocenters. The number of benzene rings is 1. The maximum Gasteiger partial charge on any atom is 0.126 e. The first-order chi connectivity index (χ1) is 9.22. The molecule has 3 rings (SSSR count). The molecule has 1 saturated carbocycles. The van der Waals surface area contributed by atoms with Gasteiger partial charge in [0.2, 0.25) is 0 Å². The average molecular weight is 340 g/mol. The number of hydrogen-bond acceptors (Lipinski definition) is 2. The van der Waals surface area contributed by atoms with E-state index >= 15 is 0 Å². The second-order valence-electron chi connectivity index (χ2n) is 5.00. The lowest BCUT2D eigenvalue weighted by Crippen LogP contribution is -2.39. The molecule has 19 heavy (non-hydrogen) atoms. The molecule has 1 aromatic heterocycles. The van der Waals surface area contributed by atoms with Crippen LogP contribution in [0.4, 0.5) is 4.39 Å². The minimum atomic E-state index is -0.0619. The summed E-state index contributed by atoms with van der Waals surface area (Å²) in [6.07, 6.45) is 2.07. The monoisotopic (exact) mass is 339 g/mol. The van der Waals surface area contributed by atoms with Gasteiger partial charge < -0.3 is 5.32 Å². The Hall–Kier alpha value is -0.710. The molecule has 0 bridgehead atoms. The van der Waals surface area contributed by atoms with Gasteiger partial charge in [0.1, 0.15) is 5.82 Å². The van der Waals surface area contributed by atoms with E-state index in [1.165, 1.54) is 4.88 Å². The van der Waals surface area contributed by atoms with Crippen molar-refractivity contribution >= 4 is 27.3 Å². The molecule has 1 fully saturated rings. The molecule has 4 heteroatoms. The molecule has 0 spiro atoms. The molecular formula is C15H15BrFNS. The van der Waals surface area contributed by atoms with Crippen LogP contribution in [0.5, 0.6) is 0 Å². The van der Waals surface area contributed by atoms with Crippen LogP contribution in [0.15, 0.2) is 40.2 Å². The Kier molecular flexibility index (Phi) is 4.01. The Bertz CT molecular complexity index is 563. The Morgan fingerprint density at radius 2 is 2.11 bits per heavy atom. The second kappa shape index (κ2) is 5.73. The Morgan fingerprint density at radius 3 is 2.79 bits per heavy atom. The molecule has 0 saturated heterocycles. The summed E-state index contributed by atoms with van der Waals surface area (Å²) in [5.74, 6) is 0.321. The van der Waals surface area contributed by atoms with Crippen LogP contribution in [0.3, 0.4) is 0 Å². The van der Waals surface area contributed by atoms with Crippen LogP contribution >= 0.6 is 27.3 Å². The minimum absolute atomic E-state index is 0.0619. The summed E-state index contributed by atoms with van der Waals surface area (Å²) >= 11 is 5.22. The number of halogens is 2. The zero-order valence-corrected chi connectivity index (χ0v) is 12.8. The largest absolute Gasteiger partial charge is 0.309 e. The van der Waals surface area contributed by atoms with Crippen molar-refractivity contribution in [2.45, 2.75) is 31.3 Å².